The second-order valence-electron chi connectivity index (χ2n) is 7.41. The largest absolute Gasteiger partial charge is 0.497 e. The van der Waals surface area contributed by atoms with E-state index in [4.69, 9.17) is 9.73 Å². The van der Waals surface area contributed by atoms with Crippen molar-refractivity contribution in [3.8, 4) is 11.8 Å². The molecule has 140 valence electrons. The van der Waals surface area contributed by atoms with E-state index in [1.54, 1.807) is 7.11 Å². The van der Waals surface area contributed by atoms with Crippen LogP contribution in [0, 0.1) is 17.2 Å². The summed E-state index contributed by atoms with van der Waals surface area (Å²) in [5.74, 6) is 0.301. The van der Waals surface area contributed by atoms with Crippen molar-refractivity contribution in [2.75, 3.05) is 7.11 Å². The van der Waals surface area contributed by atoms with Gasteiger partial charge in [0.1, 0.15) is 5.75 Å². The summed E-state index contributed by atoms with van der Waals surface area (Å²) >= 11 is 0. The summed E-state index contributed by atoms with van der Waals surface area (Å²) in [6.07, 6.45) is 1.19. The van der Waals surface area contributed by atoms with Crippen molar-refractivity contribution < 1.29 is 9.53 Å². The molecule has 0 saturated heterocycles. The molecule has 1 aliphatic carbocycles. The van der Waals surface area contributed by atoms with E-state index in [2.05, 4.69) is 18.2 Å². The van der Waals surface area contributed by atoms with E-state index in [0.29, 0.717) is 6.42 Å². The minimum atomic E-state index is -0.427. The van der Waals surface area contributed by atoms with Crippen molar-refractivity contribution in [1.29, 1.82) is 5.26 Å². The van der Waals surface area contributed by atoms with Gasteiger partial charge in [0.15, 0.2) is 5.78 Å². The normalized spacial score (nSPS) is 24.2. The number of ether oxygens (including phenoxy) is 1. The van der Waals surface area contributed by atoms with Gasteiger partial charge in [-0.15, -0.1) is 0 Å². The van der Waals surface area contributed by atoms with Crippen molar-refractivity contribution in [3.05, 3.63) is 77.0 Å². The Labute approximate surface area is 165 Å². The Morgan fingerprint density at radius 3 is 2.39 bits per heavy atom. The molecule has 0 amide bonds. The lowest BCUT2D eigenvalue weighted by Gasteiger charge is -2.35. The summed E-state index contributed by atoms with van der Waals surface area (Å²) in [6.45, 7) is 1.89. The van der Waals surface area contributed by atoms with Crippen LogP contribution < -0.4 is 4.74 Å². The number of aliphatic imine (C=N–C) groups is 1. The van der Waals surface area contributed by atoms with Gasteiger partial charge in [0.05, 0.1) is 19.1 Å². The first kappa shape index (κ1) is 18.2. The van der Waals surface area contributed by atoms with Crippen LogP contribution in [0.15, 0.2) is 70.9 Å². The zero-order chi connectivity index (χ0) is 19.7. The Morgan fingerprint density at radius 2 is 1.75 bits per heavy atom. The molecule has 1 unspecified atom stereocenters. The van der Waals surface area contributed by atoms with Crippen LogP contribution in [0.2, 0.25) is 0 Å². The lowest BCUT2D eigenvalue weighted by Crippen LogP contribution is -2.32. The zero-order valence-electron chi connectivity index (χ0n) is 16.1. The predicted octanol–water partition coefficient (Wildman–Crippen LogP) is 4.79. The van der Waals surface area contributed by atoms with E-state index in [1.807, 2.05) is 49.4 Å². The van der Waals surface area contributed by atoms with Crippen LogP contribution in [-0.2, 0) is 4.79 Å². The van der Waals surface area contributed by atoms with Crippen LogP contribution in [0.5, 0.6) is 5.75 Å². The fourth-order valence-electron chi connectivity index (χ4n) is 4.36. The Hall–Kier alpha value is -3.19. The molecule has 0 radical (unpaired) electrons. The first-order chi connectivity index (χ1) is 13.6. The van der Waals surface area contributed by atoms with Gasteiger partial charge in [-0.3, -0.25) is 9.79 Å². The van der Waals surface area contributed by atoms with Crippen molar-refractivity contribution in [2.24, 2.45) is 10.9 Å². The summed E-state index contributed by atoms with van der Waals surface area (Å²) in [5.41, 5.74) is 4.47. The molecule has 0 saturated carbocycles. The van der Waals surface area contributed by atoms with Gasteiger partial charge in [-0.1, -0.05) is 42.5 Å². The number of benzene rings is 2. The van der Waals surface area contributed by atoms with E-state index in [1.165, 1.54) is 5.56 Å². The van der Waals surface area contributed by atoms with E-state index in [0.717, 1.165) is 34.7 Å². The highest BCUT2D eigenvalue weighted by molar-refractivity contribution is 6.03. The molecule has 0 bridgehead atoms. The van der Waals surface area contributed by atoms with E-state index in [-0.39, 0.29) is 17.6 Å². The fraction of sp³-hybridized carbons (Fsp3) is 0.292. The number of allylic oxidation sites excluding steroid dienone is 2. The summed E-state index contributed by atoms with van der Waals surface area (Å²) < 4.78 is 5.25. The first-order valence-corrected chi connectivity index (χ1v) is 9.52. The molecule has 1 aliphatic heterocycles. The van der Waals surface area contributed by atoms with Crippen molar-refractivity contribution in [3.63, 3.8) is 0 Å². The summed E-state index contributed by atoms with van der Waals surface area (Å²) in [4.78, 5) is 17.9. The van der Waals surface area contributed by atoms with Crippen LogP contribution in [0.25, 0.3) is 0 Å². The molecule has 4 heteroatoms. The molecule has 28 heavy (non-hydrogen) atoms. The fourth-order valence-corrected chi connectivity index (χ4v) is 4.36. The van der Waals surface area contributed by atoms with E-state index >= 15 is 0 Å². The molecular weight excluding hydrogens is 348 g/mol. The predicted molar refractivity (Wildman–Crippen MR) is 108 cm³/mol. The lowest BCUT2D eigenvalue weighted by atomic mass is 9.69. The van der Waals surface area contributed by atoms with E-state index in [9.17, 15) is 10.1 Å². The maximum absolute atomic E-state index is 13.2. The number of nitrogens with zero attached hydrogens (tertiary/aromatic N) is 2. The first-order valence-electron chi connectivity index (χ1n) is 9.52. The van der Waals surface area contributed by atoms with Gasteiger partial charge in [-0.05, 0) is 42.5 Å². The van der Waals surface area contributed by atoms with Crippen LogP contribution in [0.1, 0.15) is 42.7 Å². The van der Waals surface area contributed by atoms with Gasteiger partial charge in [0, 0.05) is 29.3 Å². The lowest BCUT2D eigenvalue weighted by molar-refractivity contribution is -0.116. The second kappa shape index (κ2) is 7.44. The van der Waals surface area contributed by atoms with Crippen molar-refractivity contribution in [2.45, 2.75) is 31.6 Å². The maximum Gasteiger partial charge on any atom is 0.161 e. The quantitative estimate of drug-likeness (QED) is 0.780. The average Bonchev–Trinajstić information content (AvgIpc) is 2.73. The molecule has 4 nitrogen and oxygen atoms in total. The number of hydrogen-bond acceptors (Lipinski definition) is 4. The maximum atomic E-state index is 13.2. The molecule has 0 spiro atoms. The smallest absolute Gasteiger partial charge is 0.161 e. The third-order valence-electron chi connectivity index (χ3n) is 5.77. The average molecular weight is 370 g/mol. The van der Waals surface area contributed by atoms with Gasteiger partial charge >= 0.3 is 0 Å². The number of nitriles is 1. The van der Waals surface area contributed by atoms with Crippen molar-refractivity contribution in [1.82, 2.24) is 0 Å². The summed E-state index contributed by atoms with van der Waals surface area (Å²) in [7, 11) is 1.62. The minimum absolute atomic E-state index is 0.104. The van der Waals surface area contributed by atoms with Gasteiger partial charge in [-0.2, -0.15) is 5.26 Å². The molecule has 0 aromatic heterocycles. The molecule has 2 aromatic rings. The molecule has 0 N–H and O–H groups in total. The van der Waals surface area contributed by atoms with E-state index < -0.39 is 5.92 Å². The van der Waals surface area contributed by atoms with Gasteiger partial charge < -0.3 is 4.74 Å². The number of methoxy groups -OCH3 is 1. The number of carbonyl (C=O) groups excluding carboxylic acids is 1. The number of carbonyl (C=O) groups is 1. The van der Waals surface area contributed by atoms with Gasteiger partial charge in [0.25, 0.3) is 0 Å². The molecule has 4 rings (SSSR count). The second-order valence-corrected chi connectivity index (χ2v) is 7.41. The minimum Gasteiger partial charge on any atom is -0.497 e. The third kappa shape index (κ3) is 3.14. The standard InChI is InChI=1S/C24H22N2O2/c1-15-20(14-25)23(17-8-10-19(28-2)11-9-17)24-21(26-15)12-18(13-22(24)27)16-6-4-3-5-7-16/h3-11,18,20,23H,12-13H2,1-2H3/t18-,20?,23-/m1/s1. The monoisotopic (exact) mass is 370 g/mol. The molecule has 2 aromatic carbocycles. The SMILES string of the molecule is COc1ccc([C@H]2C3=C(C[C@@H](c4ccccc4)CC3=O)N=C(C)C2C#N)cc1. The zero-order valence-corrected chi connectivity index (χ0v) is 16.1. The molecule has 2 aliphatic rings. The number of hydrogen-bond donors (Lipinski definition) is 0. The Kier molecular flexibility index (Phi) is 4.83. The van der Waals surface area contributed by atoms with Gasteiger partial charge in [0.2, 0.25) is 0 Å². The van der Waals surface area contributed by atoms with Crippen LogP contribution in [0.4, 0.5) is 0 Å². The highest BCUT2D eigenvalue weighted by atomic mass is 16.5. The number of Topliss-reactive ketones (excluding diaryl/α,β-unsaturated/α-hetero) is 1. The topological polar surface area (TPSA) is 62.4 Å². The molecule has 1 heterocycles. The molecular formula is C24H22N2O2. The van der Waals surface area contributed by atoms with Crippen molar-refractivity contribution >= 4 is 11.5 Å². The highest BCUT2D eigenvalue weighted by Gasteiger charge is 2.41. The Balaban J connectivity index is 1.77. The number of ketones is 1. The summed E-state index contributed by atoms with van der Waals surface area (Å²) in [6, 6.07) is 20.2. The number of rotatable bonds is 3. The Bertz CT molecular complexity index is 997. The highest BCUT2D eigenvalue weighted by Crippen LogP contribution is 2.46. The molecule has 0 fully saturated rings. The van der Waals surface area contributed by atoms with Gasteiger partial charge in [-0.25, -0.2) is 0 Å². The Morgan fingerprint density at radius 1 is 1.04 bits per heavy atom. The summed E-state index contributed by atoms with van der Waals surface area (Å²) in [5, 5.41) is 9.81. The molecule has 3 atom stereocenters. The van der Waals surface area contributed by atoms with Crippen LogP contribution in [-0.4, -0.2) is 18.6 Å². The third-order valence-corrected chi connectivity index (χ3v) is 5.77. The van der Waals surface area contributed by atoms with Crippen LogP contribution in [0.3, 0.4) is 0 Å². The van der Waals surface area contributed by atoms with Crippen LogP contribution >= 0.6 is 0 Å².